The van der Waals surface area contributed by atoms with Gasteiger partial charge in [-0.3, -0.25) is 4.79 Å². The Labute approximate surface area is 136 Å². The molecule has 1 aliphatic rings. The molecule has 3 heteroatoms. The minimum Gasteiger partial charge on any atom is -0.497 e. The van der Waals surface area contributed by atoms with Gasteiger partial charge in [0, 0.05) is 5.92 Å². The van der Waals surface area contributed by atoms with E-state index in [1.165, 1.54) is 5.56 Å². The third kappa shape index (κ3) is 2.52. The third-order valence-electron chi connectivity index (χ3n) is 4.65. The molecule has 3 rings (SSSR count). The largest absolute Gasteiger partial charge is 0.497 e. The predicted molar refractivity (Wildman–Crippen MR) is 90.7 cm³/mol. The highest BCUT2D eigenvalue weighted by Gasteiger charge is 2.34. The summed E-state index contributed by atoms with van der Waals surface area (Å²) in [6, 6.07) is 16.1. The molecule has 0 bridgehead atoms. The van der Waals surface area contributed by atoms with Crippen molar-refractivity contribution < 1.29 is 14.6 Å². The monoisotopic (exact) mass is 308 g/mol. The maximum atomic E-state index is 11.5. The maximum Gasteiger partial charge on any atom is 0.310 e. The van der Waals surface area contributed by atoms with Gasteiger partial charge in [-0.25, -0.2) is 0 Å². The van der Waals surface area contributed by atoms with Crippen LogP contribution in [0.2, 0.25) is 0 Å². The van der Waals surface area contributed by atoms with Crippen molar-refractivity contribution in [2.45, 2.75) is 19.8 Å². The average Bonchev–Trinajstić information content (AvgIpc) is 2.86. The van der Waals surface area contributed by atoms with E-state index in [0.717, 1.165) is 28.0 Å². The minimum absolute atomic E-state index is 0.0816. The summed E-state index contributed by atoms with van der Waals surface area (Å²) in [5, 5.41) is 9.47. The molecule has 1 aliphatic carbocycles. The van der Waals surface area contributed by atoms with E-state index in [9.17, 15) is 9.90 Å². The first-order chi connectivity index (χ1) is 11.0. The zero-order valence-corrected chi connectivity index (χ0v) is 13.5. The van der Waals surface area contributed by atoms with Gasteiger partial charge in [-0.2, -0.15) is 0 Å². The number of carbonyl (C=O) groups is 1. The number of aliphatic carboxylic acids is 1. The molecule has 23 heavy (non-hydrogen) atoms. The molecule has 0 saturated heterocycles. The van der Waals surface area contributed by atoms with E-state index in [1.807, 2.05) is 43.3 Å². The van der Waals surface area contributed by atoms with Crippen molar-refractivity contribution >= 4 is 11.5 Å². The fourth-order valence-electron chi connectivity index (χ4n) is 3.54. The molecule has 0 fully saturated rings. The van der Waals surface area contributed by atoms with E-state index in [0.29, 0.717) is 0 Å². The zero-order chi connectivity index (χ0) is 16.6. The second-order valence-corrected chi connectivity index (χ2v) is 5.95. The number of hydrogen-bond donors (Lipinski definition) is 1. The summed E-state index contributed by atoms with van der Waals surface area (Å²) in [6.07, 6.45) is 0. The highest BCUT2D eigenvalue weighted by Crippen LogP contribution is 2.48. The number of ether oxygens (including phenoxy) is 1. The van der Waals surface area contributed by atoms with Crippen LogP contribution in [0, 0.1) is 5.92 Å². The second-order valence-electron chi connectivity index (χ2n) is 5.95. The lowest BCUT2D eigenvalue weighted by Crippen LogP contribution is -2.11. The summed E-state index contributed by atoms with van der Waals surface area (Å²) in [6.45, 7) is 3.80. The molecule has 2 aromatic rings. The van der Waals surface area contributed by atoms with E-state index in [1.54, 1.807) is 14.0 Å². The van der Waals surface area contributed by atoms with Gasteiger partial charge in [0.05, 0.1) is 13.0 Å². The van der Waals surface area contributed by atoms with Crippen LogP contribution in [0.15, 0.2) is 54.1 Å². The summed E-state index contributed by atoms with van der Waals surface area (Å²) in [7, 11) is 1.66. The van der Waals surface area contributed by atoms with Crippen LogP contribution in [-0.4, -0.2) is 18.2 Å². The highest BCUT2D eigenvalue weighted by atomic mass is 16.5. The van der Waals surface area contributed by atoms with Crippen LogP contribution in [0.3, 0.4) is 0 Å². The maximum absolute atomic E-state index is 11.5. The lowest BCUT2D eigenvalue weighted by molar-refractivity contribution is -0.139. The molecule has 118 valence electrons. The Morgan fingerprint density at radius 1 is 1.17 bits per heavy atom. The van der Waals surface area contributed by atoms with Gasteiger partial charge < -0.3 is 9.84 Å². The fourth-order valence-corrected chi connectivity index (χ4v) is 3.54. The number of methoxy groups -OCH3 is 1. The van der Waals surface area contributed by atoms with Crippen LogP contribution in [0.4, 0.5) is 0 Å². The van der Waals surface area contributed by atoms with Crippen LogP contribution in [0.5, 0.6) is 5.75 Å². The molecule has 0 spiro atoms. The predicted octanol–water partition coefficient (Wildman–Crippen LogP) is 4.33. The summed E-state index contributed by atoms with van der Waals surface area (Å²) >= 11 is 0. The standard InChI is InChI=1S/C20H20O3/c1-12-18(13(2)20(21)22)16-9-4-5-10-17(16)19(12)14-7-6-8-15(11-14)23-3/h4-11,13,19H,1-3H3,(H,21,22). The highest BCUT2D eigenvalue weighted by molar-refractivity contribution is 5.92. The number of hydrogen-bond acceptors (Lipinski definition) is 2. The molecule has 0 radical (unpaired) electrons. The molecule has 2 atom stereocenters. The van der Waals surface area contributed by atoms with Crippen LogP contribution < -0.4 is 4.74 Å². The van der Waals surface area contributed by atoms with Gasteiger partial charge in [0.25, 0.3) is 0 Å². The van der Waals surface area contributed by atoms with Crippen molar-refractivity contribution in [1.29, 1.82) is 0 Å². The molecule has 0 aromatic heterocycles. The van der Waals surface area contributed by atoms with Gasteiger partial charge in [-0.1, -0.05) is 42.0 Å². The van der Waals surface area contributed by atoms with Crippen molar-refractivity contribution in [3.8, 4) is 5.75 Å². The van der Waals surface area contributed by atoms with Crippen molar-refractivity contribution in [2.75, 3.05) is 7.11 Å². The number of carboxylic acid groups (broad SMARTS) is 1. The fraction of sp³-hybridized carbons (Fsp3) is 0.250. The minimum atomic E-state index is -0.791. The zero-order valence-electron chi connectivity index (χ0n) is 13.5. The van der Waals surface area contributed by atoms with Gasteiger partial charge in [0.1, 0.15) is 5.75 Å². The van der Waals surface area contributed by atoms with Crippen molar-refractivity contribution in [2.24, 2.45) is 5.92 Å². The van der Waals surface area contributed by atoms with Crippen LogP contribution in [-0.2, 0) is 4.79 Å². The Bertz CT molecular complexity index is 789. The Hall–Kier alpha value is -2.55. The molecule has 0 saturated carbocycles. The number of allylic oxidation sites excluding steroid dienone is 1. The molecule has 3 nitrogen and oxygen atoms in total. The molecule has 2 unspecified atom stereocenters. The van der Waals surface area contributed by atoms with Crippen molar-refractivity contribution in [1.82, 2.24) is 0 Å². The van der Waals surface area contributed by atoms with Gasteiger partial charge in [0.2, 0.25) is 0 Å². The first-order valence-electron chi connectivity index (χ1n) is 7.71. The van der Waals surface area contributed by atoms with E-state index in [4.69, 9.17) is 4.74 Å². The van der Waals surface area contributed by atoms with Crippen LogP contribution >= 0.6 is 0 Å². The molecular formula is C20H20O3. The van der Waals surface area contributed by atoms with Crippen LogP contribution in [0.25, 0.3) is 5.57 Å². The Morgan fingerprint density at radius 2 is 1.91 bits per heavy atom. The smallest absolute Gasteiger partial charge is 0.310 e. The second kappa shape index (κ2) is 5.92. The number of rotatable bonds is 4. The first kappa shape index (κ1) is 15.3. The lowest BCUT2D eigenvalue weighted by atomic mass is 9.88. The topological polar surface area (TPSA) is 46.5 Å². The Balaban J connectivity index is 2.18. The Morgan fingerprint density at radius 3 is 2.61 bits per heavy atom. The first-order valence-corrected chi connectivity index (χ1v) is 7.71. The summed E-state index contributed by atoms with van der Waals surface area (Å²) < 4.78 is 5.34. The number of carboxylic acids is 1. The lowest BCUT2D eigenvalue weighted by Gasteiger charge is -2.16. The average molecular weight is 308 g/mol. The summed E-state index contributed by atoms with van der Waals surface area (Å²) in [5.41, 5.74) is 5.38. The van der Waals surface area contributed by atoms with Gasteiger partial charge in [-0.15, -0.1) is 0 Å². The van der Waals surface area contributed by atoms with Crippen molar-refractivity contribution in [3.05, 3.63) is 70.8 Å². The van der Waals surface area contributed by atoms with Gasteiger partial charge >= 0.3 is 5.97 Å². The molecule has 0 amide bonds. The van der Waals surface area contributed by atoms with Gasteiger partial charge in [0.15, 0.2) is 0 Å². The van der Waals surface area contributed by atoms with Gasteiger partial charge in [-0.05, 0) is 48.2 Å². The third-order valence-corrected chi connectivity index (χ3v) is 4.65. The number of fused-ring (bicyclic) bond motifs is 1. The van der Waals surface area contributed by atoms with Crippen molar-refractivity contribution in [3.63, 3.8) is 0 Å². The molecule has 0 heterocycles. The summed E-state index contributed by atoms with van der Waals surface area (Å²) in [5.74, 6) is -0.419. The number of benzene rings is 2. The molecule has 0 aliphatic heterocycles. The Kier molecular flexibility index (Phi) is 3.95. The molecule has 2 aromatic carbocycles. The van der Waals surface area contributed by atoms with E-state index in [2.05, 4.69) is 12.1 Å². The molecular weight excluding hydrogens is 288 g/mol. The normalized spacial score (nSPS) is 17.8. The van der Waals surface area contributed by atoms with E-state index >= 15 is 0 Å². The van der Waals surface area contributed by atoms with E-state index in [-0.39, 0.29) is 5.92 Å². The molecule has 1 N–H and O–H groups in total. The quantitative estimate of drug-likeness (QED) is 0.914. The van der Waals surface area contributed by atoms with Crippen LogP contribution in [0.1, 0.15) is 36.5 Å². The summed E-state index contributed by atoms with van der Waals surface area (Å²) in [4.78, 5) is 11.5. The SMILES string of the molecule is COc1cccc(C2C(C)=C(C(C)C(=O)O)c3ccccc32)c1. The van der Waals surface area contributed by atoms with E-state index < -0.39 is 11.9 Å².